The maximum Gasteiger partial charge on any atom is 0.206 e. The minimum atomic E-state index is -1.40. The van der Waals surface area contributed by atoms with Gasteiger partial charge in [-0.2, -0.15) is 20.5 Å². The van der Waals surface area contributed by atoms with Gasteiger partial charge in [-0.1, -0.05) is 36.4 Å². The summed E-state index contributed by atoms with van der Waals surface area (Å²) in [6, 6.07) is 33.6. The molecule has 7 aromatic rings. The van der Waals surface area contributed by atoms with Crippen LogP contribution in [0.15, 0.2) is 139 Å². The molecule has 0 radical (unpaired) electrons. The zero-order chi connectivity index (χ0) is 28.8. The van der Waals surface area contributed by atoms with Crippen LogP contribution in [0.4, 0.5) is 0 Å². The second-order valence-corrected chi connectivity index (χ2v) is 12.6. The third-order valence-electron chi connectivity index (χ3n) is 7.41. The van der Waals surface area contributed by atoms with Gasteiger partial charge in [-0.3, -0.25) is 0 Å². The largest absolute Gasteiger partial charge is 0.606 e. The van der Waals surface area contributed by atoms with Gasteiger partial charge in [0.2, 0.25) is 12.4 Å². The highest BCUT2D eigenvalue weighted by molar-refractivity contribution is 7.91. The molecule has 0 aliphatic carbocycles. The lowest BCUT2D eigenvalue weighted by atomic mass is 10.1. The zero-order valence-electron chi connectivity index (χ0n) is 21.8. The summed E-state index contributed by atoms with van der Waals surface area (Å²) in [5.41, 5.74) is 0. The summed E-state index contributed by atoms with van der Waals surface area (Å²) >= 11 is -2.80. The molecular formula is C34H18N4O2S2. The van der Waals surface area contributed by atoms with E-state index in [-0.39, 0.29) is 0 Å². The molecule has 8 heteroatoms. The number of nitriles is 2. The van der Waals surface area contributed by atoms with Crippen LogP contribution >= 0.6 is 0 Å². The molecule has 2 unspecified atom stereocenters. The molecule has 6 nitrogen and oxygen atoms in total. The molecule has 0 fully saturated rings. The summed E-state index contributed by atoms with van der Waals surface area (Å²) in [6.07, 6.45) is 3.85. The zero-order valence-corrected chi connectivity index (χ0v) is 23.4. The second-order valence-electron chi connectivity index (χ2n) is 9.64. The van der Waals surface area contributed by atoms with E-state index in [1.54, 1.807) is 0 Å². The van der Waals surface area contributed by atoms with Crippen LogP contribution in [-0.4, -0.2) is 9.11 Å². The first-order chi connectivity index (χ1) is 20.6. The van der Waals surface area contributed by atoms with Crippen molar-refractivity contribution in [3.63, 3.8) is 0 Å². The molecule has 7 rings (SSSR count). The topological polar surface area (TPSA) is 118 Å². The Bertz CT molecular complexity index is 2200. The summed E-state index contributed by atoms with van der Waals surface area (Å²) < 4.78 is 26.6. The van der Waals surface area contributed by atoms with Crippen LogP contribution in [0.1, 0.15) is 0 Å². The Morgan fingerprint density at radius 1 is 0.429 bits per heavy atom. The van der Waals surface area contributed by atoms with E-state index in [9.17, 15) is 19.6 Å². The first-order valence-corrected chi connectivity index (χ1v) is 15.2. The second kappa shape index (κ2) is 10.5. The van der Waals surface area contributed by atoms with Crippen molar-refractivity contribution in [2.75, 3.05) is 0 Å². The van der Waals surface area contributed by atoms with Gasteiger partial charge >= 0.3 is 0 Å². The van der Waals surface area contributed by atoms with Gasteiger partial charge in [-0.05, 0) is 82.2 Å². The molecule has 0 saturated heterocycles. The van der Waals surface area contributed by atoms with Gasteiger partial charge in [0, 0.05) is 56.0 Å². The molecule has 0 aromatic heterocycles. The Hall–Kier alpha value is -4.96. The molecule has 0 saturated carbocycles. The van der Waals surface area contributed by atoms with Gasteiger partial charge in [0.1, 0.15) is 0 Å². The average molecular weight is 579 g/mol. The Balaban J connectivity index is 1.49. The van der Waals surface area contributed by atoms with Gasteiger partial charge in [-0.25, -0.2) is 0 Å². The van der Waals surface area contributed by atoms with E-state index in [1.807, 2.05) is 122 Å². The summed E-state index contributed by atoms with van der Waals surface area (Å²) in [4.78, 5) is 10.9. The van der Waals surface area contributed by atoms with Crippen LogP contribution in [0.25, 0.3) is 43.1 Å². The van der Waals surface area contributed by atoms with Gasteiger partial charge in [-0.15, -0.1) is 0 Å². The summed E-state index contributed by atoms with van der Waals surface area (Å²) in [6.45, 7) is 0. The van der Waals surface area contributed by atoms with Crippen LogP contribution in [-0.2, 0) is 22.4 Å². The van der Waals surface area contributed by atoms with Crippen molar-refractivity contribution in [3.8, 4) is 12.4 Å². The van der Waals surface area contributed by atoms with Crippen LogP contribution < -0.4 is 10.7 Å². The molecule has 0 heterocycles. The Kier molecular flexibility index (Phi) is 6.47. The SMILES string of the molecule is N#C/N=c1\c2cc([S+]([O-])c3ccccc3)ccc2c2cc3c(cc12)/c(=N\C#N)c1cc([S+]([O-])c2ccccc2)ccc13. The monoisotopic (exact) mass is 578 g/mol. The Morgan fingerprint density at radius 2 is 0.810 bits per heavy atom. The average Bonchev–Trinajstić information content (AvgIpc) is 3.51. The van der Waals surface area contributed by atoms with E-state index < -0.39 is 22.4 Å². The molecule has 2 atom stereocenters. The predicted octanol–water partition coefficient (Wildman–Crippen LogP) is 6.27. The number of benzene rings is 5. The highest BCUT2D eigenvalue weighted by Crippen LogP contribution is 2.35. The van der Waals surface area contributed by atoms with Crippen LogP contribution in [0.2, 0.25) is 0 Å². The van der Waals surface area contributed by atoms with Crippen molar-refractivity contribution in [2.45, 2.75) is 19.6 Å². The van der Waals surface area contributed by atoms with Crippen LogP contribution in [0.5, 0.6) is 0 Å². The van der Waals surface area contributed by atoms with E-state index in [0.29, 0.717) is 30.3 Å². The van der Waals surface area contributed by atoms with Gasteiger partial charge in [0.25, 0.3) is 0 Å². The molecule has 0 aliphatic heterocycles. The summed E-state index contributed by atoms with van der Waals surface area (Å²) in [5.74, 6) is 0. The third kappa shape index (κ3) is 4.14. The third-order valence-corrected chi connectivity index (χ3v) is 10.2. The molecular weight excluding hydrogens is 561 g/mol. The molecule has 7 aromatic carbocycles. The Labute approximate surface area is 246 Å². The van der Waals surface area contributed by atoms with Crippen molar-refractivity contribution in [2.24, 2.45) is 9.98 Å². The maximum atomic E-state index is 13.3. The summed E-state index contributed by atoms with van der Waals surface area (Å²) in [7, 11) is 0. The number of rotatable bonds is 4. The minimum Gasteiger partial charge on any atom is -0.606 e. The molecule has 0 amide bonds. The van der Waals surface area contributed by atoms with E-state index in [0.717, 1.165) is 43.1 Å². The van der Waals surface area contributed by atoms with Crippen molar-refractivity contribution in [1.29, 1.82) is 10.5 Å². The Morgan fingerprint density at radius 3 is 1.21 bits per heavy atom. The van der Waals surface area contributed by atoms with E-state index in [2.05, 4.69) is 9.98 Å². The molecule has 198 valence electrons. The van der Waals surface area contributed by atoms with Crippen LogP contribution in [0, 0.1) is 22.9 Å². The quantitative estimate of drug-likeness (QED) is 0.181. The maximum absolute atomic E-state index is 13.3. The van der Waals surface area contributed by atoms with E-state index >= 15 is 0 Å². The summed E-state index contributed by atoms with van der Waals surface area (Å²) in [5, 5.41) is 26.6. The van der Waals surface area contributed by atoms with Gasteiger partial charge in [0.05, 0.1) is 10.7 Å². The van der Waals surface area contributed by atoms with Crippen LogP contribution in [0.3, 0.4) is 0 Å². The number of nitrogens with zero attached hydrogens (tertiary/aromatic N) is 4. The van der Waals surface area contributed by atoms with Gasteiger partial charge < -0.3 is 9.11 Å². The number of hydrogen-bond acceptors (Lipinski definition) is 6. The normalized spacial score (nSPS) is 14.0. The fraction of sp³-hybridized carbons (Fsp3) is 0. The first-order valence-electron chi connectivity index (χ1n) is 12.9. The standard InChI is InChI=1S/C34H18N4O2S2/c35-19-37-33-29-15-23(41(39)21-7-3-1-4-8-21)11-13-25(29)27-17-28-26-14-12-24(42(40)22-9-5-2-6-10-22)16-30(26)34(38-20-36)32(28)18-31(27)33/h1-18H/b37-33-,38-34+. The molecule has 0 aliphatic rings. The van der Waals surface area contributed by atoms with Crippen molar-refractivity contribution >= 4 is 65.4 Å². The lowest BCUT2D eigenvalue weighted by Gasteiger charge is -2.09. The van der Waals surface area contributed by atoms with Crippen molar-refractivity contribution in [3.05, 3.63) is 120 Å². The molecule has 0 spiro atoms. The smallest absolute Gasteiger partial charge is 0.206 e. The highest BCUT2D eigenvalue weighted by Gasteiger charge is 2.21. The highest BCUT2D eigenvalue weighted by atomic mass is 32.2. The first kappa shape index (κ1) is 26.0. The molecule has 0 bridgehead atoms. The molecule has 42 heavy (non-hydrogen) atoms. The van der Waals surface area contributed by atoms with Crippen molar-refractivity contribution in [1.82, 2.24) is 0 Å². The fourth-order valence-corrected chi connectivity index (χ4v) is 7.75. The predicted molar refractivity (Wildman–Crippen MR) is 163 cm³/mol. The lowest BCUT2D eigenvalue weighted by molar-refractivity contribution is 0.594. The molecule has 0 N–H and O–H groups in total. The van der Waals surface area contributed by atoms with E-state index in [4.69, 9.17) is 0 Å². The lowest BCUT2D eigenvalue weighted by Crippen LogP contribution is -2.04. The number of fused-ring (bicyclic) bond motifs is 6. The van der Waals surface area contributed by atoms with Crippen molar-refractivity contribution < 1.29 is 9.11 Å². The minimum absolute atomic E-state index is 0.482. The van der Waals surface area contributed by atoms with Gasteiger partial charge in [0.15, 0.2) is 19.6 Å². The van der Waals surface area contributed by atoms with E-state index in [1.165, 1.54) is 0 Å². The fourth-order valence-electron chi connectivity index (χ4n) is 5.57. The number of hydrogen-bond donors (Lipinski definition) is 0.